The second-order valence-electron chi connectivity index (χ2n) is 7.79. The van der Waals surface area contributed by atoms with E-state index < -0.39 is 32.0 Å². The first-order chi connectivity index (χ1) is 18.4. The Bertz CT molecular complexity index is 1630. The lowest BCUT2D eigenvalue weighted by Crippen LogP contribution is -2.28. The minimum Gasteiger partial charge on any atom is -0.493 e. The van der Waals surface area contributed by atoms with Crippen LogP contribution in [-0.4, -0.2) is 36.5 Å². The molecule has 0 bridgehead atoms. The lowest BCUT2D eigenvalue weighted by molar-refractivity contribution is -0.384. The monoisotopic (exact) mass is 704 g/mol. The fraction of sp³-hybridized carbons (Fsp3) is 0.0833. The van der Waals surface area contributed by atoms with Gasteiger partial charge in [-0.25, -0.2) is 4.39 Å². The molecule has 0 N–H and O–H groups in total. The van der Waals surface area contributed by atoms with Crippen molar-refractivity contribution >= 4 is 79.0 Å². The first-order valence-corrected chi connectivity index (χ1v) is 14.3. The predicted octanol–water partition coefficient (Wildman–Crippen LogP) is 6.00. The molecule has 1 saturated heterocycles. The molecule has 4 rings (SSSR count). The fourth-order valence-corrected chi connectivity index (χ4v) is 6.33. The van der Waals surface area contributed by atoms with Crippen LogP contribution >= 0.6 is 46.0 Å². The van der Waals surface area contributed by atoms with Crippen molar-refractivity contribution in [2.45, 2.75) is 11.4 Å². The van der Waals surface area contributed by atoms with Crippen LogP contribution in [0.25, 0.3) is 6.08 Å². The highest BCUT2D eigenvalue weighted by Crippen LogP contribution is 2.39. The van der Waals surface area contributed by atoms with Crippen LogP contribution < -0.4 is 8.92 Å². The van der Waals surface area contributed by atoms with Crippen molar-refractivity contribution in [3.05, 3.63) is 95.2 Å². The van der Waals surface area contributed by atoms with E-state index in [2.05, 4.69) is 0 Å². The van der Waals surface area contributed by atoms with Crippen LogP contribution in [0.4, 0.5) is 14.9 Å². The summed E-state index contributed by atoms with van der Waals surface area (Å²) in [5.41, 5.74) is 0.118. The molecule has 1 heterocycles. The van der Waals surface area contributed by atoms with Gasteiger partial charge in [0.25, 0.3) is 16.8 Å². The number of ether oxygens (including phenoxy) is 1. The van der Waals surface area contributed by atoms with E-state index in [-0.39, 0.29) is 44.1 Å². The van der Waals surface area contributed by atoms with Gasteiger partial charge in [-0.1, -0.05) is 17.7 Å². The van der Waals surface area contributed by atoms with Crippen molar-refractivity contribution in [3.8, 4) is 11.5 Å². The Morgan fingerprint density at radius 2 is 1.87 bits per heavy atom. The van der Waals surface area contributed by atoms with Crippen LogP contribution in [-0.2, 0) is 21.5 Å². The highest BCUT2D eigenvalue weighted by Gasteiger charge is 2.36. The summed E-state index contributed by atoms with van der Waals surface area (Å²) in [6, 6.07) is 11.1. The maximum Gasteiger partial charge on any atom is 0.339 e. The van der Waals surface area contributed by atoms with Gasteiger partial charge in [0.15, 0.2) is 11.5 Å². The molecule has 1 aliphatic heterocycles. The Kier molecular flexibility index (Phi) is 8.48. The first-order valence-electron chi connectivity index (χ1n) is 10.7. The highest BCUT2D eigenvalue weighted by molar-refractivity contribution is 14.1. The smallest absolute Gasteiger partial charge is 0.339 e. The number of imide groups is 1. The summed E-state index contributed by atoms with van der Waals surface area (Å²) >= 11 is 8.51. The summed E-state index contributed by atoms with van der Waals surface area (Å²) in [5.74, 6) is -1.43. The number of amides is 2. The zero-order valence-electron chi connectivity index (χ0n) is 19.6. The Morgan fingerprint density at radius 3 is 2.49 bits per heavy atom. The molecule has 1 fully saturated rings. The maximum absolute atomic E-state index is 14.2. The van der Waals surface area contributed by atoms with Gasteiger partial charge in [-0.15, -0.1) is 0 Å². The van der Waals surface area contributed by atoms with Gasteiger partial charge in [0.1, 0.15) is 10.7 Å². The highest BCUT2D eigenvalue weighted by atomic mass is 127. The normalized spacial score (nSPS) is 14.7. The van der Waals surface area contributed by atoms with Crippen molar-refractivity contribution < 1.29 is 36.2 Å². The van der Waals surface area contributed by atoms with Gasteiger partial charge in [-0.2, -0.15) is 8.42 Å². The van der Waals surface area contributed by atoms with Gasteiger partial charge in [0, 0.05) is 22.7 Å². The molecule has 202 valence electrons. The quantitative estimate of drug-likeness (QED) is 0.0910. The Labute approximate surface area is 244 Å². The Hall–Kier alpha value is -3.21. The van der Waals surface area contributed by atoms with E-state index in [4.69, 9.17) is 20.5 Å². The second kappa shape index (κ2) is 11.5. The van der Waals surface area contributed by atoms with E-state index in [0.29, 0.717) is 20.9 Å². The number of carbonyl (C=O) groups is 2. The molecule has 0 saturated carbocycles. The van der Waals surface area contributed by atoms with Crippen molar-refractivity contribution in [1.82, 2.24) is 4.90 Å². The summed E-state index contributed by atoms with van der Waals surface area (Å²) in [6.45, 7) is -0.346. The molecule has 1 aliphatic rings. The first kappa shape index (κ1) is 28.8. The Morgan fingerprint density at radius 1 is 1.18 bits per heavy atom. The number of nitro groups is 1. The van der Waals surface area contributed by atoms with Gasteiger partial charge in [-0.3, -0.25) is 24.6 Å². The third-order valence-electron chi connectivity index (χ3n) is 5.33. The molecule has 0 spiro atoms. The van der Waals surface area contributed by atoms with Crippen molar-refractivity contribution in [2.75, 3.05) is 7.11 Å². The molecule has 0 radical (unpaired) electrons. The van der Waals surface area contributed by atoms with E-state index in [1.54, 1.807) is 0 Å². The van der Waals surface area contributed by atoms with E-state index in [0.717, 1.165) is 29.2 Å². The van der Waals surface area contributed by atoms with Crippen LogP contribution in [0.2, 0.25) is 5.02 Å². The van der Waals surface area contributed by atoms with Crippen molar-refractivity contribution in [2.24, 2.45) is 0 Å². The molecule has 3 aromatic carbocycles. The van der Waals surface area contributed by atoms with Gasteiger partial charge >= 0.3 is 10.1 Å². The summed E-state index contributed by atoms with van der Waals surface area (Å²) in [4.78, 5) is 36.3. The standard InChI is InChI=1S/C24H15ClFIN2O8S2/c1-36-20-10-13(9-19(27)22(20)37-39(34,35)15-7-5-14(6-8-15)29(32)33)11-21-23(30)28(24(31)38-21)12-16-17(25)3-2-4-18(16)26/h2-11H,12H2,1H3/b21-11-. The number of hydrogen-bond acceptors (Lipinski definition) is 9. The van der Waals surface area contributed by atoms with E-state index in [1.807, 2.05) is 22.6 Å². The van der Waals surface area contributed by atoms with Crippen LogP contribution in [0, 0.1) is 19.5 Å². The fourth-order valence-electron chi connectivity index (χ4n) is 3.43. The predicted molar refractivity (Wildman–Crippen MR) is 150 cm³/mol. The summed E-state index contributed by atoms with van der Waals surface area (Å²) < 4.78 is 50.6. The van der Waals surface area contributed by atoms with Gasteiger partial charge in [0.05, 0.1) is 27.1 Å². The third kappa shape index (κ3) is 6.18. The molecule has 39 heavy (non-hydrogen) atoms. The third-order valence-corrected chi connectivity index (χ3v) is 8.63. The number of nitrogens with zero attached hydrogens (tertiary/aromatic N) is 2. The lowest BCUT2D eigenvalue weighted by atomic mass is 10.1. The van der Waals surface area contributed by atoms with Gasteiger partial charge < -0.3 is 8.92 Å². The second-order valence-corrected chi connectivity index (χ2v) is 11.9. The molecule has 0 aromatic heterocycles. The molecule has 2 amide bonds. The molecular weight excluding hydrogens is 690 g/mol. The van der Waals surface area contributed by atoms with E-state index in [1.165, 1.54) is 43.5 Å². The van der Waals surface area contributed by atoms with Crippen LogP contribution in [0.1, 0.15) is 11.1 Å². The number of benzene rings is 3. The molecule has 15 heteroatoms. The molecule has 0 aliphatic carbocycles. The van der Waals surface area contributed by atoms with Crippen LogP contribution in [0.15, 0.2) is 64.4 Å². The summed E-state index contributed by atoms with van der Waals surface area (Å²) in [6.07, 6.45) is 1.41. The van der Waals surface area contributed by atoms with Crippen LogP contribution in [0.3, 0.4) is 0 Å². The molecular formula is C24H15ClFIN2O8S2. The largest absolute Gasteiger partial charge is 0.493 e. The topological polar surface area (TPSA) is 133 Å². The number of methoxy groups -OCH3 is 1. The number of halogens is 3. The average molecular weight is 705 g/mol. The number of carbonyl (C=O) groups excluding carboxylic acids is 2. The number of rotatable bonds is 8. The zero-order chi connectivity index (χ0) is 28.5. The zero-order valence-corrected chi connectivity index (χ0v) is 24.1. The lowest BCUT2D eigenvalue weighted by Gasteiger charge is -2.14. The van der Waals surface area contributed by atoms with Crippen molar-refractivity contribution in [3.63, 3.8) is 0 Å². The molecule has 10 nitrogen and oxygen atoms in total. The Balaban J connectivity index is 1.60. The SMILES string of the molecule is COc1cc(/C=C2\SC(=O)N(Cc3c(F)cccc3Cl)C2=O)cc(I)c1OS(=O)(=O)c1ccc([N+](=O)[O-])cc1. The van der Waals surface area contributed by atoms with E-state index >= 15 is 0 Å². The summed E-state index contributed by atoms with van der Waals surface area (Å²) in [7, 11) is -3.10. The molecule has 0 unspecified atom stereocenters. The summed E-state index contributed by atoms with van der Waals surface area (Å²) in [5, 5.41) is 10.3. The van der Waals surface area contributed by atoms with Gasteiger partial charge in [-0.05, 0) is 82.4 Å². The number of nitro benzene ring substituents is 1. The number of non-ortho nitro benzene ring substituents is 1. The van der Waals surface area contributed by atoms with E-state index in [9.17, 15) is 32.5 Å². The molecule has 0 atom stereocenters. The van der Waals surface area contributed by atoms with Crippen LogP contribution in [0.5, 0.6) is 11.5 Å². The van der Waals surface area contributed by atoms with Crippen molar-refractivity contribution in [1.29, 1.82) is 0 Å². The minimum absolute atomic E-state index is 0.00895. The number of hydrogen-bond donors (Lipinski definition) is 0. The maximum atomic E-state index is 14.2. The average Bonchev–Trinajstić information content (AvgIpc) is 3.14. The van der Waals surface area contributed by atoms with Gasteiger partial charge in [0.2, 0.25) is 0 Å². The number of thioether (sulfide) groups is 1. The minimum atomic E-state index is -4.38. The molecule has 3 aromatic rings.